The molecule has 0 bridgehead atoms. The minimum Gasteiger partial charge on any atom is -0.455 e. The van der Waals surface area contributed by atoms with Crippen LogP contribution in [0.25, 0.3) is 0 Å². The van der Waals surface area contributed by atoms with Gasteiger partial charge in [0.1, 0.15) is 6.61 Å². The first-order valence-electron chi connectivity index (χ1n) is 3.67. The highest BCUT2D eigenvalue weighted by Gasteiger charge is 2.19. The highest BCUT2D eigenvalue weighted by Crippen LogP contribution is 1.94. The van der Waals surface area contributed by atoms with E-state index in [0.717, 1.165) is 0 Å². The van der Waals surface area contributed by atoms with E-state index in [1.165, 1.54) is 0 Å². The van der Waals surface area contributed by atoms with E-state index in [4.69, 9.17) is 4.74 Å². The molecule has 0 aliphatic carbocycles. The lowest BCUT2D eigenvalue weighted by molar-refractivity contribution is -0.420. The van der Waals surface area contributed by atoms with Crippen LogP contribution in [0.5, 0.6) is 0 Å². The molecular formula is C7H11NO5. The molecule has 0 aliphatic heterocycles. The first-order chi connectivity index (χ1) is 6.09. The zero-order chi connectivity index (χ0) is 10.3. The Morgan fingerprint density at radius 1 is 1.54 bits per heavy atom. The molecule has 0 spiro atoms. The number of carbonyl (C=O) groups excluding carboxylic acids is 1. The quantitative estimate of drug-likeness (QED) is 0.198. The molecule has 0 aromatic rings. The molecule has 0 amide bonds. The van der Waals surface area contributed by atoms with E-state index >= 15 is 0 Å². The summed E-state index contributed by atoms with van der Waals surface area (Å²) >= 11 is 0. The van der Waals surface area contributed by atoms with Crippen molar-refractivity contribution < 1.29 is 19.2 Å². The lowest BCUT2D eigenvalue weighted by Gasteiger charge is -2.01. The second kappa shape index (κ2) is 6.13. The van der Waals surface area contributed by atoms with Crippen LogP contribution in [0, 0.1) is 10.1 Å². The summed E-state index contributed by atoms with van der Waals surface area (Å²) in [7, 11) is 0. The molecule has 0 heterocycles. The molecule has 0 fully saturated rings. The van der Waals surface area contributed by atoms with Crippen molar-refractivity contribution in [3.63, 3.8) is 0 Å². The van der Waals surface area contributed by atoms with Gasteiger partial charge in [-0.1, -0.05) is 0 Å². The number of hydrogen-bond donors (Lipinski definition) is 0. The van der Waals surface area contributed by atoms with Gasteiger partial charge in [0.05, 0.1) is 11.5 Å². The Labute approximate surface area is 75.3 Å². The maximum Gasteiger partial charge on any atom is 0.409 e. The third-order valence-electron chi connectivity index (χ3n) is 1.12. The Kier molecular flexibility index (Phi) is 5.45. The van der Waals surface area contributed by atoms with Crippen molar-refractivity contribution in [3.05, 3.63) is 22.4 Å². The molecular weight excluding hydrogens is 178 g/mol. The van der Waals surface area contributed by atoms with Crippen molar-refractivity contribution in [2.45, 2.75) is 6.92 Å². The van der Waals surface area contributed by atoms with Gasteiger partial charge in [0.15, 0.2) is 0 Å². The third kappa shape index (κ3) is 4.91. The van der Waals surface area contributed by atoms with Crippen molar-refractivity contribution in [3.8, 4) is 0 Å². The standard InChI is InChI=1S/C7H11NO5/c1-3-12-4-5-13-7(9)6(2)8(10)11/h2-5H2,1H3. The van der Waals surface area contributed by atoms with Gasteiger partial charge in [-0.05, 0) is 13.5 Å². The first-order valence-corrected chi connectivity index (χ1v) is 3.67. The summed E-state index contributed by atoms with van der Waals surface area (Å²) in [5.74, 6) is -1.02. The number of nitro groups is 1. The predicted octanol–water partition coefficient (Wildman–Crippen LogP) is 0.356. The van der Waals surface area contributed by atoms with Gasteiger partial charge in [0.2, 0.25) is 0 Å². The van der Waals surface area contributed by atoms with Crippen LogP contribution in [0.3, 0.4) is 0 Å². The summed E-state index contributed by atoms with van der Waals surface area (Å²) in [6.07, 6.45) is 0. The number of rotatable bonds is 6. The molecule has 0 rings (SSSR count). The highest BCUT2D eigenvalue weighted by molar-refractivity contribution is 5.84. The summed E-state index contributed by atoms with van der Waals surface area (Å²) in [6, 6.07) is 0. The van der Waals surface area contributed by atoms with Gasteiger partial charge in [0.25, 0.3) is 0 Å². The monoisotopic (exact) mass is 189 g/mol. The minimum absolute atomic E-state index is 0.000463. The lowest BCUT2D eigenvalue weighted by Crippen LogP contribution is -2.16. The summed E-state index contributed by atoms with van der Waals surface area (Å²) < 4.78 is 9.31. The Balaban J connectivity index is 3.63. The Morgan fingerprint density at radius 2 is 2.15 bits per heavy atom. The average Bonchev–Trinajstić information content (AvgIpc) is 2.10. The fourth-order valence-corrected chi connectivity index (χ4v) is 0.495. The zero-order valence-electron chi connectivity index (χ0n) is 7.32. The van der Waals surface area contributed by atoms with Crippen molar-refractivity contribution in [2.75, 3.05) is 19.8 Å². The van der Waals surface area contributed by atoms with E-state index < -0.39 is 16.6 Å². The minimum atomic E-state index is -1.02. The van der Waals surface area contributed by atoms with Crippen LogP contribution in [-0.2, 0) is 14.3 Å². The number of esters is 1. The van der Waals surface area contributed by atoms with Crippen LogP contribution >= 0.6 is 0 Å². The van der Waals surface area contributed by atoms with E-state index in [-0.39, 0.29) is 13.2 Å². The molecule has 0 saturated carbocycles. The summed E-state index contributed by atoms with van der Waals surface area (Å²) in [6.45, 7) is 5.46. The number of hydrogen-bond acceptors (Lipinski definition) is 5. The molecule has 0 unspecified atom stereocenters. The SMILES string of the molecule is C=C(C(=O)OCCOCC)[N+](=O)[O-]. The molecule has 0 aromatic heterocycles. The van der Waals surface area contributed by atoms with Gasteiger partial charge in [-0.25, -0.2) is 4.79 Å². The van der Waals surface area contributed by atoms with Gasteiger partial charge >= 0.3 is 11.7 Å². The summed E-state index contributed by atoms with van der Waals surface area (Å²) in [5, 5.41) is 10.0. The van der Waals surface area contributed by atoms with E-state index in [0.29, 0.717) is 6.61 Å². The summed E-state index contributed by atoms with van der Waals surface area (Å²) in [4.78, 5) is 19.8. The fraction of sp³-hybridized carbons (Fsp3) is 0.571. The maximum absolute atomic E-state index is 10.7. The van der Waals surface area contributed by atoms with Crippen LogP contribution in [0.15, 0.2) is 12.3 Å². The van der Waals surface area contributed by atoms with Crippen molar-refractivity contribution >= 4 is 5.97 Å². The predicted molar refractivity (Wildman–Crippen MR) is 43.6 cm³/mol. The van der Waals surface area contributed by atoms with Gasteiger partial charge in [-0.3, -0.25) is 10.1 Å². The molecule has 0 saturated heterocycles. The van der Waals surface area contributed by atoms with Crippen LogP contribution in [0.1, 0.15) is 6.92 Å². The zero-order valence-corrected chi connectivity index (χ0v) is 7.32. The van der Waals surface area contributed by atoms with Crippen LogP contribution in [0.4, 0.5) is 0 Å². The van der Waals surface area contributed by atoms with Crippen LogP contribution in [0.2, 0.25) is 0 Å². The average molecular weight is 189 g/mol. The van der Waals surface area contributed by atoms with Crippen LogP contribution in [-0.4, -0.2) is 30.7 Å². The number of ether oxygens (including phenoxy) is 2. The Hall–Kier alpha value is -1.43. The van der Waals surface area contributed by atoms with Crippen LogP contribution < -0.4 is 0 Å². The van der Waals surface area contributed by atoms with Crippen molar-refractivity contribution in [1.82, 2.24) is 0 Å². The van der Waals surface area contributed by atoms with Gasteiger partial charge in [-0.15, -0.1) is 0 Å². The highest BCUT2D eigenvalue weighted by atomic mass is 16.6. The molecule has 0 aliphatic rings. The van der Waals surface area contributed by atoms with E-state index in [2.05, 4.69) is 11.3 Å². The second-order valence-electron chi connectivity index (χ2n) is 2.04. The van der Waals surface area contributed by atoms with Crippen molar-refractivity contribution in [2.24, 2.45) is 0 Å². The molecule has 0 aromatic carbocycles. The molecule has 13 heavy (non-hydrogen) atoms. The maximum atomic E-state index is 10.7. The van der Waals surface area contributed by atoms with E-state index in [1.54, 1.807) is 6.92 Å². The summed E-state index contributed by atoms with van der Waals surface area (Å²) in [5.41, 5.74) is -0.767. The van der Waals surface area contributed by atoms with Gasteiger partial charge in [-0.2, -0.15) is 0 Å². The Morgan fingerprint density at radius 3 is 2.62 bits per heavy atom. The normalized spacial score (nSPS) is 9.31. The first kappa shape index (κ1) is 11.6. The third-order valence-corrected chi connectivity index (χ3v) is 1.12. The number of carbonyl (C=O) groups is 1. The topological polar surface area (TPSA) is 78.7 Å². The van der Waals surface area contributed by atoms with E-state index in [1.807, 2.05) is 0 Å². The largest absolute Gasteiger partial charge is 0.455 e. The van der Waals surface area contributed by atoms with Gasteiger partial charge in [0, 0.05) is 6.61 Å². The molecule has 0 N–H and O–H groups in total. The molecule has 6 nitrogen and oxygen atoms in total. The van der Waals surface area contributed by atoms with Gasteiger partial charge < -0.3 is 9.47 Å². The smallest absolute Gasteiger partial charge is 0.409 e. The lowest BCUT2D eigenvalue weighted by atomic mass is 10.5. The number of nitrogens with zero attached hydrogens (tertiary/aromatic N) is 1. The molecule has 6 heteroatoms. The molecule has 0 atom stereocenters. The second-order valence-corrected chi connectivity index (χ2v) is 2.04. The van der Waals surface area contributed by atoms with E-state index in [9.17, 15) is 14.9 Å². The molecule has 0 radical (unpaired) electrons. The fourth-order valence-electron chi connectivity index (χ4n) is 0.495. The molecule has 74 valence electrons. The Bertz CT molecular complexity index is 213. The van der Waals surface area contributed by atoms with Crippen molar-refractivity contribution in [1.29, 1.82) is 0 Å².